The Labute approximate surface area is 112 Å². The quantitative estimate of drug-likeness (QED) is 0.590. The van der Waals surface area contributed by atoms with Gasteiger partial charge < -0.3 is 14.2 Å². The van der Waals surface area contributed by atoms with Crippen molar-refractivity contribution < 1.29 is 19.0 Å². The van der Waals surface area contributed by atoms with Crippen LogP contribution >= 0.6 is 11.6 Å². The van der Waals surface area contributed by atoms with Gasteiger partial charge in [0.15, 0.2) is 11.5 Å². The lowest BCUT2D eigenvalue weighted by Gasteiger charge is -2.13. The summed E-state index contributed by atoms with van der Waals surface area (Å²) in [6.45, 7) is 2.49. The molecule has 0 aliphatic heterocycles. The van der Waals surface area contributed by atoms with E-state index >= 15 is 0 Å². The fourth-order valence-electron chi connectivity index (χ4n) is 1.31. The summed E-state index contributed by atoms with van der Waals surface area (Å²) in [7, 11) is 2.86. The van der Waals surface area contributed by atoms with Crippen molar-refractivity contribution in [3.8, 4) is 11.5 Å². The molecule has 1 aromatic carbocycles. The third kappa shape index (κ3) is 3.81. The standard InChI is InChI=1S/C13H17ClO4/c1-9(7-14)8-18-11-5-4-10(13(15)17-3)6-12(11)16-2/h4-6,9H,7-8H2,1-3H3. The number of benzene rings is 1. The van der Waals surface area contributed by atoms with Crippen molar-refractivity contribution in [1.29, 1.82) is 0 Å². The minimum atomic E-state index is -0.408. The highest BCUT2D eigenvalue weighted by molar-refractivity contribution is 6.18. The molecule has 100 valence electrons. The largest absolute Gasteiger partial charge is 0.493 e. The van der Waals surface area contributed by atoms with Gasteiger partial charge in [-0.2, -0.15) is 0 Å². The molecule has 1 aromatic rings. The van der Waals surface area contributed by atoms with Crippen LogP contribution in [0.4, 0.5) is 0 Å². The summed E-state index contributed by atoms with van der Waals surface area (Å²) in [4.78, 5) is 11.4. The topological polar surface area (TPSA) is 44.8 Å². The van der Waals surface area contributed by atoms with Crippen molar-refractivity contribution in [1.82, 2.24) is 0 Å². The van der Waals surface area contributed by atoms with Gasteiger partial charge in [-0.1, -0.05) is 6.92 Å². The van der Waals surface area contributed by atoms with Gasteiger partial charge in [0.2, 0.25) is 0 Å². The molecule has 1 unspecified atom stereocenters. The third-order valence-electron chi connectivity index (χ3n) is 2.37. The van der Waals surface area contributed by atoms with Crippen molar-refractivity contribution in [3.05, 3.63) is 23.8 Å². The molecule has 0 bridgehead atoms. The lowest BCUT2D eigenvalue weighted by molar-refractivity contribution is 0.0600. The number of carbonyl (C=O) groups is 1. The van der Waals surface area contributed by atoms with E-state index in [4.69, 9.17) is 21.1 Å². The van der Waals surface area contributed by atoms with E-state index < -0.39 is 5.97 Å². The number of rotatable bonds is 6. The maximum atomic E-state index is 11.4. The minimum Gasteiger partial charge on any atom is -0.493 e. The summed E-state index contributed by atoms with van der Waals surface area (Å²) in [6.07, 6.45) is 0. The minimum absolute atomic E-state index is 0.247. The lowest BCUT2D eigenvalue weighted by Crippen LogP contribution is -2.10. The molecule has 0 saturated carbocycles. The number of hydrogen-bond donors (Lipinski definition) is 0. The SMILES string of the molecule is COC(=O)c1ccc(OCC(C)CCl)c(OC)c1. The second-order valence-corrected chi connectivity index (χ2v) is 4.24. The van der Waals surface area contributed by atoms with Gasteiger partial charge in [-0.3, -0.25) is 0 Å². The summed E-state index contributed by atoms with van der Waals surface area (Å²) in [6, 6.07) is 4.91. The molecule has 0 saturated heterocycles. The molecule has 18 heavy (non-hydrogen) atoms. The Hall–Kier alpha value is -1.42. The first-order valence-corrected chi connectivity index (χ1v) is 6.11. The molecular weight excluding hydrogens is 256 g/mol. The Morgan fingerprint density at radius 1 is 1.33 bits per heavy atom. The Balaban J connectivity index is 2.83. The number of methoxy groups -OCH3 is 2. The number of hydrogen-bond acceptors (Lipinski definition) is 4. The van der Waals surface area contributed by atoms with Crippen LogP contribution in [-0.4, -0.2) is 32.7 Å². The number of ether oxygens (including phenoxy) is 3. The van der Waals surface area contributed by atoms with Gasteiger partial charge in [0.1, 0.15) is 0 Å². The Morgan fingerprint density at radius 2 is 2.06 bits per heavy atom. The van der Waals surface area contributed by atoms with E-state index in [2.05, 4.69) is 4.74 Å². The number of carbonyl (C=O) groups excluding carboxylic acids is 1. The average Bonchev–Trinajstić information content (AvgIpc) is 2.43. The molecule has 0 heterocycles. The molecule has 4 nitrogen and oxygen atoms in total. The van der Waals surface area contributed by atoms with Crippen molar-refractivity contribution in [2.75, 3.05) is 26.7 Å². The molecule has 0 spiro atoms. The summed E-state index contributed by atoms with van der Waals surface area (Å²) in [5, 5.41) is 0. The molecule has 0 aliphatic rings. The van der Waals surface area contributed by atoms with Crippen LogP contribution in [0, 0.1) is 5.92 Å². The van der Waals surface area contributed by atoms with E-state index in [9.17, 15) is 4.79 Å². The first-order chi connectivity index (χ1) is 8.62. The lowest BCUT2D eigenvalue weighted by atomic mass is 10.2. The molecule has 0 aliphatic carbocycles. The van der Waals surface area contributed by atoms with E-state index in [1.54, 1.807) is 18.2 Å². The molecule has 0 aromatic heterocycles. The van der Waals surface area contributed by atoms with Gasteiger partial charge in [0.25, 0.3) is 0 Å². The van der Waals surface area contributed by atoms with E-state index in [1.807, 2.05) is 6.92 Å². The summed E-state index contributed by atoms with van der Waals surface area (Å²) < 4.78 is 15.4. The van der Waals surface area contributed by atoms with Gasteiger partial charge in [-0.05, 0) is 18.2 Å². The fourth-order valence-corrected chi connectivity index (χ4v) is 1.40. The van der Waals surface area contributed by atoms with Crippen LogP contribution in [0.2, 0.25) is 0 Å². The second kappa shape index (κ2) is 7.11. The molecule has 1 atom stereocenters. The van der Waals surface area contributed by atoms with Crippen molar-refractivity contribution in [3.63, 3.8) is 0 Å². The van der Waals surface area contributed by atoms with E-state index in [-0.39, 0.29) is 5.92 Å². The highest BCUT2D eigenvalue weighted by Crippen LogP contribution is 2.28. The molecule has 5 heteroatoms. The first-order valence-electron chi connectivity index (χ1n) is 5.57. The van der Waals surface area contributed by atoms with E-state index in [0.717, 1.165) is 0 Å². The summed E-state index contributed by atoms with van der Waals surface area (Å²) >= 11 is 5.71. The highest BCUT2D eigenvalue weighted by Gasteiger charge is 2.12. The van der Waals surface area contributed by atoms with Crippen LogP contribution < -0.4 is 9.47 Å². The van der Waals surface area contributed by atoms with Crippen LogP contribution in [0.3, 0.4) is 0 Å². The predicted molar refractivity (Wildman–Crippen MR) is 69.7 cm³/mol. The molecule has 0 fully saturated rings. The zero-order valence-electron chi connectivity index (χ0n) is 10.7. The highest BCUT2D eigenvalue weighted by atomic mass is 35.5. The monoisotopic (exact) mass is 272 g/mol. The van der Waals surface area contributed by atoms with Crippen LogP contribution in [0.5, 0.6) is 11.5 Å². The maximum Gasteiger partial charge on any atom is 0.337 e. The van der Waals surface area contributed by atoms with Crippen LogP contribution in [0.1, 0.15) is 17.3 Å². The van der Waals surface area contributed by atoms with Gasteiger partial charge >= 0.3 is 5.97 Å². The third-order valence-corrected chi connectivity index (χ3v) is 2.90. The Bertz CT molecular complexity index is 406. The predicted octanol–water partition coefficient (Wildman–Crippen LogP) is 2.74. The zero-order valence-corrected chi connectivity index (χ0v) is 11.5. The summed E-state index contributed by atoms with van der Waals surface area (Å²) in [5.41, 5.74) is 0.423. The van der Waals surface area contributed by atoms with Crippen LogP contribution in [0.15, 0.2) is 18.2 Å². The van der Waals surface area contributed by atoms with Crippen molar-refractivity contribution >= 4 is 17.6 Å². The number of esters is 1. The zero-order chi connectivity index (χ0) is 13.5. The van der Waals surface area contributed by atoms with Gasteiger partial charge in [-0.25, -0.2) is 4.79 Å². The number of alkyl halides is 1. The molecule has 0 N–H and O–H groups in total. The van der Waals surface area contributed by atoms with Crippen LogP contribution in [0.25, 0.3) is 0 Å². The molecule has 0 radical (unpaired) electrons. The van der Waals surface area contributed by atoms with Gasteiger partial charge in [-0.15, -0.1) is 11.6 Å². The van der Waals surface area contributed by atoms with Crippen molar-refractivity contribution in [2.45, 2.75) is 6.92 Å². The molecule has 0 amide bonds. The number of halogens is 1. The van der Waals surface area contributed by atoms with Crippen LogP contribution in [-0.2, 0) is 4.74 Å². The van der Waals surface area contributed by atoms with Crippen molar-refractivity contribution in [2.24, 2.45) is 5.92 Å². The normalized spacial score (nSPS) is 11.8. The van der Waals surface area contributed by atoms with E-state index in [0.29, 0.717) is 29.5 Å². The fraction of sp³-hybridized carbons (Fsp3) is 0.462. The Kier molecular flexibility index (Phi) is 5.78. The second-order valence-electron chi connectivity index (χ2n) is 3.93. The Morgan fingerprint density at radius 3 is 2.61 bits per heavy atom. The molecular formula is C13H17ClO4. The smallest absolute Gasteiger partial charge is 0.337 e. The summed E-state index contributed by atoms with van der Waals surface area (Å²) in [5.74, 6) is 1.45. The van der Waals surface area contributed by atoms with Gasteiger partial charge in [0.05, 0.1) is 26.4 Å². The average molecular weight is 273 g/mol. The first kappa shape index (κ1) is 14.6. The van der Waals surface area contributed by atoms with Gasteiger partial charge in [0, 0.05) is 11.8 Å². The maximum absolute atomic E-state index is 11.4. The van der Waals surface area contributed by atoms with E-state index in [1.165, 1.54) is 14.2 Å². The molecule has 1 rings (SSSR count).